The highest BCUT2D eigenvalue weighted by molar-refractivity contribution is 7.92. The summed E-state index contributed by atoms with van der Waals surface area (Å²) in [4.78, 5) is 14.9. The maximum Gasteiger partial charge on any atom is 0.265 e. The van der Waals surface area contributed by atoms with Crippen molar-refractivity contribution < 1.29 is 22.7 Å². The largest absolute Gasteiger partial charge is 0.495 e. The van der Waals surface area contributed by atoms with Crippen LogP contribution in [0.3, 0.4) is 0 Å². The number of carbonyl (C=O) groups is 1. The molecule has 174 valence electrons. The summed E-state index contributed by atoms with van der Waals surface area (Å²) in [6.45, 7) is 8.62. The molecule has 1 heterocycles. The summed E-state index contributed by atoms with van der Waals surface area (Å²) in [5, 5.41) is 0.272. The van der Waals surface area contributed by atoms with Gasteiger partial charge in [-0.15, -0.1) is 0 Å². The smallest absolute Gasteiger partial charge is 0.265 e. The lowest BCUT2D eigenvalue weighted by molar-refractivity contribution is -0.127. The summed E-state index contributed by atoms with van der Waals surface area (Å²) < 4.78 is 39.8. The standard InChI is InChI=1S/C23H29ClN2O5S/c1-15(2)10-11-26-18-13-17(7-9-19(18)31-14-23(3,4)22(26)27)25-32(28,29)21-12-16(24)6-8-20(21)30-5/h6-9,12-13,15,25H,10-11,14H2,1-5H3. The van der Waals surface area contributed by atoms with Crippen LogP contribution in [0, 0.1) is 11.3 Å². The second-order valence-corrected chi connectivity index (χ2v) is 11.0. The predicted molar refractivity (Wildman–Crippen MR) is 126 cm³/mol. The number of sulfonamides is 1. The van der Waals surface area contributed by atoms with E-state index >= 15 is 0 Å². The third kappa shape index (κ3) is 5.13. The van der Waals surface area contributed by atoms with Crippen LogP contribution in [0.5, 0.6) is 11.5 Å². The molecule has 7 nitrogen and oxygen atoms in total. The minimum Gasteiger partial charge on any atom is -0.495 e. The third-order valence-corrected chi connectivity index (χ3v) is 6.90. The first-order valence-electron chi connectivity index (χ1n) is 10.4. The van der Waals surface area contributed by atoms with Gasteiger partial charge in [-0.05, 0) is 62.6 Å². The molecule has 1 aliphatic heterocycles. The van der Waals surface area contributed by atoms with E-state index in [0.29, 0.717) is 29.6 Å². The number of hydrogen-bond acceptors (Lipinski definition) is 5. The quantitative estimate of drug-likeness (QED) is 0.606. The van der Waals surface area contributed by atoms with E-state index < -0.39 is 15.4 Å². The molecule has 2 aromatic rings. The molecule has 0 radical (unpaired) electrons. The topological polar surface area (TPSA) is 84.9 Å². The SMILES string of the molecule is COc1ccc(Cl)cc1S(=O)(=O)Nc1ccc2c(c1)N(CCC(C)C)C(=O)C(C)(C)CO2. The first-order valence-corrected chi connectivity index (χ1v) is 12.3. The van der Waals surface area contributed by atoms with Gasteiger partial charge in [-0.2, -0.15) is 0 Å². The number of benzene rings is 2. The zero-order valence-electron chi connectivity index (χ0n) is 18.9. The van der Waals surface area contributed by atoms with E-state index in [-0.39, 0.29) is 28.2 Å². The van der Waals surface area contributed by atoms with Gasteiger partial charge < -0.3 is 14.4 Å². The molecule has 9 heteroatoms. The average molecular weight is 481 g/mol. The Morgan fingerprint density at radius 1 is 1.22 bits per heavy atom. The molecule has 0 saturated carbocycles. The summed E-state index contributed by atoms with van der Waals surface area (Å²) in [5.74, 6) is 1.05. The number of hydrogen-bond donors (Lipinski definition) is 1. The molecule has 0 spiro atoms. The lowest BCUT2D eigenvalue weighted by Crippen LogP contribution is -2.42. The number of nitrogens with zero attached hydrogens (tertiary/aromatic N) is 1. The number of carbonyl (C=O) groups excluding carboxylic acids is 1. The van der Waals surface area contributed by atoms with E-state index in [2.05, 4.69) is 18.6 Å². The molecule has 0 bridgehead atoms. The Morgan fingerprint density at radius 2 is 1.94 bits per heavy atom. The summed E-state index contributed by atoms with van der Waals surface area (Å²) in [6, 6.07) is 9.30. The van der Waals surface area contributed by atoms with Gasteiger partial charge in [0.25, 0.3) is 10.0 Å². The number of halogens is 1. The second kappa shape index (κ2) is 9.19. The summed E-state index contributed by atoms with van der Waals surface area (Å²) in [7, 11) is -2.61. The van der Waals surface area contributed by atoms with E-state index in [1.807, 2.05) is 13.8 Å². The van der Waals surface area contributed by atoms with Gasteiger partial charge >= 0.3 is 0 Å². The van der Waals surface area contributed by atoms with Crippen molar-refractivity contribution in [3.05, 3.63) is 41.4 Å². The van der Waals surface area contributed by atoms with Crippen LogP contribution < -0.4 is 19.1 Å². The lowest BCUT2D eigenvalue weighted by Gasteiger charge is -2.28. The second-order valence-electron chi connectivity index (χ2n) is 8.90. The van der Waals surface area contributed by atoms with Gasteiger partial charge in [0.2, 0.25) is 5.91 Å². The van der Waals surface area contributed by atoms with E-state index in [1.54, 1.807) is 29.2 Å². The van der Waals surface area contributed by atoms with Crippen molar-refractivity contribution in [3.63, 3.8) is 0 Å². The van der Waals surface area contributed by atoms with Gasteiger partial charge in [-0.1, -0.05) is 25.4 Å². The van der Waals surface area contributed by atoms with Gasteiger partial charge in [-0.3, -0.25) is 9.52 Å². The number of nitrogens with one attached hydrogen (secondary N) is 1. The Kier molecular flexibility index (Phi) is 6.95. The zero-order valence-corrected chi connectivity index (χ0v) is 20.5. The maximum atomic E-state index is 13.3. The molecule has 2 aromatic carbocycles. The lowest BCUT2D eigenvalue weighted by atomic mass is 9.92. The Balaban J connectivity index is 2.01. The summed E-state index contributed by atoms with van der Waals surface area (Å²) in [6.07, 6.45) is 0.803. The van der Waals surface area contributed by atoms with Crippen molar-refractivity contribution in [1.82, 2.24) is 0 Å². The van der Waals surface area contributed by atoms with Gasteiger partial charge in [0.15, 0.2) is 0 Å². The number of rotatable bonds is 7. The van der Waals surface area contributed by atoms with Crippen molar-refractivity contribution in [1.29, 1.82) is 0 Å². The summed E-state index contributed by atoms with van der Waals surface area (Å²) >= 11 is 6.01. The van der Waals surface area contributed by atoms with Crippen molar-refractivity contribution >= 4 is 38.9 Å². The first-order chi connectivity index (χ1) is 14.9. The molecule has 1 amide bonds. The van der Waals surface area contributed by atoms with Crippen LogP contribution in [-0.2, 0) is 14.8 Å². The molecule has 0 aromatic heterocycles. The van der Waals surface area contributed by atoms with E-state index in [4.69, 9.17) is 21.1 Å². The zero-order chi connectivity index (χ0) is 23.7. The fourth-order valence-corrected chi connectivity index (χ4v) is 4.87. The van der Waals surface area contributed by atoms with Crippen molar-refractivity contribution in [2.24, 2.45) is 11.3 Å². The number of amides is 1. The molecule has 0 atom stereocenters. The van der Waals surface area contributed by atoms with Crippen molar-refractivity contribution in [2.45, 2.75) is 39.0 Å². The molecule has 3 rings (SSSR count). The predicted octanol–water partition coefficient (Wildman–Crippen LogP) is 4.95. The Hall–Kier alpha value is -2.45. The van der Waals surface area contributed by atoms with E-state index in [9.17, 15) is 13.2 Å². The molecular formula is C23H29ClN2O5S. The van der Waals surface area contributed by atoms with E-state index in [1.165, 1.54) is 19.2 Å². The fourth-order valence-electron chi connectivity index (χ4n) is 3.39. The first kappa shape index (κ1) is 24.2. The molecule has 0 saturated heterocycles. The van der Waals surface area contributed by atoms with Crippen molar-refractivity contribution in [3.8, 4) is 11.5 Å². The number of methoxy groups -OCH3 is 1. The molecule has 1 aliphatic rings. The van der Waals surface area contributed by atoms with Crippen LogP contribution in [-0.4, -0.2) is 34.6 Å². The molecule has 32 heavy (non-hydrogen) atoms. The number of anilines is 2. The van der Waals surface area contributed by atoms with Crippen molar-refractivity contribution in [2.75, 3.05) is 29.9 Å². The van der Waals surface area contributed by atoms with Crippen LogP contribution in [0.15, 0.2) is 41.3 Å². The minimum atomic E-state index is -4.00. The Morgan fingerprint density at radius 3 is 2.59 bits per heavy atom. The molecule has 0 aliphatic carbocycles. The summed E-state index contributed by atoms with van der Waals surface area (Å²) in [5.41, 5.74) is 0.139. The van der Waals surface area contributed by atoms with Gasteiger partial charge in [-0.25, -0.2) is 8.42 Å². The molecule has 1 N–H and O–H groups in total. The number of ether oxygens (including phenoxy) is 2. The third-order valence-electron chi connectivity index (χ3n) is 5.26. The normalized spacial score (nSPS) is 15.7. The van der Waals surface area contributed by atoms with Crippen LogP contribution in [0.25, 0.3) is 0 Å². The average Bonchev–Trinajstić information content (AvgIpc) is 2.81. The molecule has 0 fully saturated rings. The Labute approximate surface area is 194 Å². The van der Waals surface area contributed by atoms with Gasteiger partial charge in [0.1, 0.15) is 23.0 Å². The van der Waals surface area contributed by atoms with Crippen LogP contribution in [0.1, 0.15) is 34.1 Å². The Bertz CT molecular complexity index is 1120. The van der Waals surface area contributed by atoms with Crippen LogP contribution in [0.4, 0.5) is 11.4 Å². The highest BCUT2D eigenvalue weighted by Crippen LogP contribution is 2.39. The highest BCUT2D eigenvalue weighted by atomic mass is 35.5. The number of fused-ring (bicyclic) bond motifs is 1. The monoisotopic (exact) mass is 480 g/mol. The fraction of sp³-hybridized carbons (Fsp3) is 0.435. The molecular weight excluding hydrogens is 452 g/mol. The maximum absolute atomic E-state index is 13.3. The van der Waals surface area contributed by atoms with Crippen LogP contribution in [0.2, 0.25) is 5.02 Å². The highest BCUT2D eigenvalue weighted by Gasteiger charge is 2.38. The van der Waals surface area contributed by atoms with E-state index in [0.717, 1.165) is 6.42 Å². The molecule has 0 unspecified atom stereocenters. The van der Waals surface area contributed by atoms with Gasteiger partial charge in [0, 0.05) is 11.6 Å². The van der Waals surface area contributed by atoms with Crippen LogP contribution >= 0.6 is 11.6 Å². The van der Waals surface area contributed by atoms with Gasteiger partial charge in [0.05, 0.1) is 23.9 Å². The minimum absolute atomic E-state index is 0.0617.